The van der Waals surface area contributed by atoms with E-state index in [0.717, 1.165) is 24.8 Å². The summed E-state index contributed by atoms with van der Waals surface area (Å²) < 4.78 is 32.6. The van der Waals surface area contributed by atoms with Crippen molar-refractivity contribution in [1.82, 2.24) is 0 Å². The number of thioether (sulfide) groups is 1. The summed E-state index contributed by atoms with van der Waals surface area (Å²) in [6, 6.07) is 18.3. The molecule has 2 spiro atoms. The lowest BCUT2D eigenvalue weighted by atomic mass is 9.46. The van der Waals surface area contributed by atoms with Crippen LogP contribution in [-0.2, 0) is 28.5 Å². The summed E-state index contributed by atoms with van der Waals surface area (Å²) in [5.74, 6) is 1.10. The Morgan fingerprint density at radius 2 is 1.70 bits per heavy atom. The number of hydrogen-bond acceptors (Lipinski definition) is 8. The Bertz CT molecular complexity index is 1580. The Labute approximate surface area is 262 Å². The van der Waals surface area contributed by atoms with E-state index in [1.807, 2.05) is 36.4 Å². The van der Waals surface area contributed by atoms with E-state index in [1.165, 1.54) is 0 Å². The molecular weight excluding hydrogens is 576 g/mol. The predicted molar refractivity (Wildman–Crippen MR) is 165 cm³/mol. The lowest BCUT2D eigenvalue weighted by Gasteiger charge is -2.54. The molecule has 8 heteroatoms. The van der Waals surface area contributed by atoms with E-state index < -0.39 is 17.2 Å². The minimum Gasteiger partial charge on any atom is -0.419 e. The zero-order chi connectivity index (χ0) is 30.4. The van der Waals surface area contributed by atoms with Gasteiger partial charge in [-0.2, -0.15) is 0 Å². The molecule has 0 aromatic heterocycles. The number of fused-ring (bicyclic) bond motifs is 2. The number of epoxide rings is 2. The van der Waals surface area contributed by atoms with E-state index >= 15 is 0 Å². The van der Waals surface area contributed by atoms with Gasteiger partial charge in [0.05, 0.1) is 29.8 Å². The first-order chi connectivity index (χ1) is 21.3. The number of carbonyl (C=O) groups excluding carboxylic acids is 2. The number of allylic oxidation sites excluding steroid dienone is 1. The van der Waals surface area contributed by atoms with Gasteiger partial charge >= 0.3 is 11.9 Å². The molecule has 0 radical (unpaired) electrons. The standard InChI is InChI=1S/C36H38O7S/c1-20(2)24-17-27-36(43-27)34(3)16-15-23-28(25(34)18-26-35(36,42-26)31(24)39-19-44-4)30(41-33(23)38)29(21-11-7-5-8-12-21)40-32(37)22-13-9-6-10-14-22/h5-14,20,24-27,31H,15-19H2,1-4H3/b30-29+/t24?,25?,26-,27-,31+,34-,35+,36+/m0/s1. The normalized spacial score (nSPS) is 38.9. The second-order valence-electron chi connectivity index (χ2n) is 13.6. The fourth-order valence-electron chi connectivity index (χ4n) is 9.31. The first kappa shape index (κ1) is 28.6. The van der Waals surface area contributed by atoms with Gasteiger partial charge in [0.25, 0.3) is 0 Å². The lowest BCUT2D eigenvalue weighted by Crippen LogP contribution is -2.67. The van der Waals surface area contributed by atoms with Crippen molar-refractivity contribution in [3.8, 4) is 0 Å². The maximum absolute atomic E-state index is 13.5. The molecule has 0 amide bonds. The fourth-order valence-corrected chi connectivity index (χ4v) is 9.59. The molecule has 44 heavy (non-hydrogen) atoms. The highest BCUT2D eigenvalue weighted by Crippen LogP contribution is 2.80. The third-order valence-corrected chi connectivity index (χ3v) is 11.7. The van der Waals surface area contributed by atoms with Gasteiger partial charge in [-0.1, -0.05) is 69.3 Å². The van der Waals surface area contributed by atoms with Gasteiger partial charge in [0.15, 0.2) is 17.1 Å². The predicted octanol–water partition coefficient (Wildman–Crippen LogP) is 6.54. The maximum Gasteiger partial charge on any atom is 0.343 e. The van der Waals surface area contributed by atoms with Gasteiger partial charge in [-0.3, -0.25) is 0 Å². The van der Waals surface area contributed by atoms with Gasteiger partial charge in [0, 0.05) is 22.1 Å². The Kier molecular flexibility index (Phi) is 6.52. The Morgan fingerprint density at radius 1 is 1.00 bits per heavy atom. The average molecular weight is 615 g/mol. The fraction of sp³-hybridized carbons (Fsp3) is 0.500. The number of ether oxygens (including phenoxy) is 5. The van der Waals surface area contributed by atoms with E-state index in [4.69, 9.17) is 23.7 Å². The summed E-state index contributed by atoms with van der Waals surface area (Å²) in [5.41, 5.74) is 1.33. The van der Waals surface area contributed by atoms with Crippen molar-refractivity contribution < 1.29 is 33.3 Å². The van der Waals surface area contributed by atoms with Crippen molar-refractivity contribution in [2.75, 3.05) is 12.2 Å². The van der Waals surface area contributed by atoms with Gasteiger partial charge in [0.1, 0.15) is 5.60 Å². The smallest absolute Gasteiger partial charge is 0.343 e. The number of cyclic esters (lactones) is 1. The van der Waals surface area contributed by atoms with Crippen molar-refractivity contribution >= 4 is 29.5 Å². The van der Waals surface area contributed by atoms with Crippen LogP contribution >= 0.6 is 11.8 Å². The van der Waals surface area contributed by atoms with Crippen molar-refractivity contribution in [3.63, 3.8) is 0 Å². The second kappa shape index (κ2) is 10.0. The Morgan fingerprint density at radius 3 is 2.39 bits per heavy atom. The minimum atomic E-state index is -0.501. The molecule has 2 aromatic carbocycles. The summed E-state index contributed by atoms with van der Waals surface area (Å²) in [6.07, 6.45) is 5.08. The van der Waals surface area contributed by atoms with Crippen LogP contribution in [0, 0.1) is 23.2 Å². The molecule has 0 N–H and O–H groups in total. The highest BCUT2D eigenvalue weighted by Gasteiger charge is 2.93. The summed E-state index contributed by atoms with van der Waals surface area (Å²) in [6.45, 7) is 6.87. The van der Waals surface area contributed by atoms with Gasteiger partial charge in [0.2, 0.25) is 0 Å². The van der Waals surface area contributed by atoms with E-state index in [2.05, 4.69) is 27.0 Å². The van der Waals surface area contributed by atoms with Crippen molar-refractivity contribution in [2.24, 2.45) is 23.2 Å². The molecule has 3 aliphatic heterocycles. The molecule has 0 bridgehead atoms. The van der Waals surface area contributed by atoms with Crippen molar-refractivity contribution in [2.45, 2.75) is 76.0 Å². The summed E-state index contributed by atoms with van der Waals surface area (Å²) in [5, 5.41) is 0. The van der Waals surface area contributed by atoms with Gasteiger partial charge in [-0.05, 0) is 61.8 Å². The Balaban J connectivity index is 1.23. The Hall–Kier alpha value is -2.91. The van der Waals surface area contributed by atoms with Crippen molar-refractivity contribution in [1.29, 1.82) is 0 Å². The molecule has 230 valence electrons. The van der Waals surface area contributed by atoms with Crippen LogP contribution in [0.15, 0.2) is 77.6 Å². The highest BCUT2D eigenvalue weighted by atomic mass is 32.2. The second-order valence-corrected chi connectivity index (χ2v) is 14.5. The zero-order valence-electron chi connectivity index (χ0n) is 25.5. The average Bonchev–Trinajstić information content (AvgIpc) is 3.93. The van der Waals surface area contributed by atoms with Crippen molar-refractivity contribution in [3.05, 3.63) is 88.7 Å². The molecule has 2 saturated carbocycles. The molecule has 8 rings (SSSR count). The maximum atomic E-state index is 13.5. The molecule has 6 aliphatic rings. The summed E-state index contributed by atoms with van der Waals surface area (Å²) in [7, 11) is 0. The summed E-state index contributed by atoms with van der Waals surface area (Å²) >= 11 is 1.69. The molecule has 4 fully saturated rings. The van der Waals surface area contributed by atoms with Gasteiger partial charge in [-0.15, -0.1) is 11.8 Å². The third kappa shape index (κ3) is 3.74. The molecule has 8 atom stereocenters. The van der Waals surface area contributed by atoms with Crippen LogP contribution in [0.25, 0.3) is 5.76 Å². The van der Waals surface area contributed by atoms with E-state index in [-0.39, 0.29) is 41.4 Å². The molecule has 2 saturated heterocycles. The number of benzene rings is 2. The SMILES string of the molecule is CSCO[C@@H]1C(C(C)C)C[C@@H]2O[C@]23[C@]12O[C@H]2CC1C2=C(CC[C@@]13C)C(=O)O/C2=C(/OC(=O)c1ccccc1)c1ccccc1. The van der Waals surface area contributed by atoms with Crippen LogP contribution in [0.4, 0.5) is 0 Å². The number of hydrogen-bond donors (Lipinski definition) is 0. The van der Waals surface area contributed by atoms with Gasteiger partial charge < -0.3 is 23.7 Å². The number of esters is 2. The van der Waals surface area contributed by atoms with E-state index in [1.54, 1.807) is 36.0 Å². The third-order valence-electron chi connectivity index (χ3n) is 11.4. The number of carbonyl (C=O) groups is 2. The monoisotopic (exact) mass is 614 g/mol. The quantitative estimate of drug-likeness (QED) is 0.150. The molecule has 2 unspecified atom stereocenters. The van der Waals surface area contributed by atoms with Crippen LogP contribution in [0.3, 0.4) is 0 Å². The molecule has 3 heterocycles. The van der Waals surface area contributed by atoms with Crippen LogP contribution in [0.5, 0.6) is 0 Å². The lowest BCUT2D eigenvalue weighted by molar-refractivity contribution is -0.133. The highest BCUT2D eigenvalue weighted by molar-refractivity contribution is 7.98. The largest absolute Gasteiger partial charge is 0.419 e. The van der Waals surface area contributed by atoms with Crippen LogP contribution in [0.1, 0.15) is 62.4 Å². The minimum absolute atomic E-state index is 0.0463. The van der Waals surface area contributed by atoms with E-state index in [0.29, 0.717) is 46.7 Å². The molecule has 2 aromatic rings. The van der Waals surface area contributed by atoms with Crippen LogP contribution in [0.2, 0.25) is 0 Å². The van der Waals surface area contributed by atoms with Crippen LogP contribution < -0.4 is 0 Å². The van der Waals surface area contributed by atoms with E-state index in [9.17, 15) is 9.59 Å². The first-order valence-corrected chi connectivity index (χ1v) is 17.1. The molecular formula is C36H38O7S. The molecule has 3 aliphatic carbocycles. The molecule has 7 nitrogen and oxygen atoms in total. The first-order valence-electron chi connectivity index (χ1n) is 15.8. The summed E-state index contributed by atoms with van der Waals surface area (Å²) in [4.78, 5) is 26.9. The van der Waals surface area contributed by atoms with Crippen LogP contribution in [-0.4, -0.2) is 53.6 Å². The number of rotatable bonds is 7. The topological polar surface area (TPSA) is 86.9 Å². The van der Waals surface area contributed by atoms with Gasteiger partial charge in [-0.25, -0.2) is 9.59 Å². The zero-order valence-corrected chi connectivity index (χ0v) is 26.4.